The SMILES string of the molecule is CC1C(=O)NC(=O)CN1C(=O)c1cc(F)cnc1Cl. The first-order chi connectivity index (χ1) is 8.90. The molecule has 0 aliphatic carbocycles. The van der Waals surface area contributed by atoms with Crippen LogP contribution < -0.4 is 5.32 Å². The van der Waals surface area contributed by atoms with Crippen molar-refractivity contribution in [2.24, 2.45) is 0 Å². The number of rotatable bonds is 1. The number of pyridine rings is 1. The topological polar surface area (TPSA) is 79.4 Å². The van der Waals surface area contributed by atoms with Crippen molar-refractivity contribution in [3.63, 3.8) is 0 Å². The van der Waals surface area contributed by atoms with E-state index in [9.17, 15) is 18.8 Å². The van der Waals surface area contributed by atoms with Crippen molar-refractivity contribution in [3.8, 4) is 0 Å². The highest BCUT2D eigenvalue weighted by Gasteiger charge is 2.34. The van der Waals surface area contributed by atoms with E-state index in [4.69, 9.17) is 11.6 Å². The molecule has 8 heteroatoms. The second kappa shape index (κ2) is 4.93. The average molecular weight is 286 g/mol. The number of aromatic nitrogens is 1. The van der Waals surface area contributed by atoms with Gasteiger partial charge in [-0.3, -0.25) is 19.7 Å². The van der Waals surface area contributed by atoms with Gasteiger partial charge >= 0.3 is 0 Å². The van der Waals surface area contributed by atoms with Gasteiger partial charge in [0.25, 0.3) is 5.91 Å². The Morgan fingerprint density at radius 3 is 2.95 bits per heavy atom. The summed E-state index contributed by atoms with van der Waals surface area (Å²) in [5, 5.41) is 1.91. The molecule has 2 rings (SSSR count). The van der Waals surface area contributed by atoms with Crippen LogP contribution >= 0.6 is 11.6 Å². The highest BCUT2D eigenvalue weighted by atomic mass is 35.5. The third kappa shape index (κ3) is 2.55. The van der Waals surface area contributed by atoms with Crippen LogP contribution in [0.15, 0.2) is 12.3 Å². The summed E-state index contributed by atoms with van der Waals surface area (Å²) in [5.41, 5.74) is -0.184. The Balaban J connectivity index is 2.35. The highest BCUT2D eigenvalue weighted by molar-refractivity contribution is 6.32. The van der Waals surface area contributed by atoms with Crippen molar-refractivity contribution in [2.75, 3.05) is 6.54 Å². The van der Waals surface area contributed by atoms with Gasteiger partial charge in [-0.25, -0.2) is 9.37 Å². The summed E-state index contributed by atoms with van der Waals surface area (Å²) in [7, 11) is 0. The molecule has 1 aromatic rings. The van der Waals surface area contributed by atoms with E-state index in [1.807, 2.05) is 0 Å². The van der Waals surface area contributed by atoms with Gasteiger partial charge in [0, 0.05) is 0 Å². The van der Waals surface area contributed by atoms with Gasteiger partial charge in [0.1, 0.15) is 23.6 Å². The summed E-state index contributed by atoms with van der Waals surface area (Å²) < 4.78 is 13.1. The molecule has 1 aliphatic heterocycles. The Labute approximate surface area is 112 Å². The van der Waals surface area contributed by atoms with Gasteiger partial charge in [-0.2, -0.15) is 0 Å². The number of imide groups is 1. The standard InChI is InChI=1S/C11H9ClFN3O3/c1-5-10(18)15-8(17)4-16(5)11(19)7-2-6(13)3-14-9(7)12/h2-3,5H,4H2,1H3,(H,15,17,18). The van der Waals surface area contributed by atoms with Crippen molar-refractivity contribution in [1.29, 1.82) is 0 Å². The molecule has 19 heavy (non-hydrogen) atoms. The molecule has 0 aromatic carbocycles. The smallest absolute Gasteiger partial charge is 0.258 e. The predicted octanol–water partition coefficient (Wildman–Crippen LogP) is 0.361. The van der Waals surface area contributed by atoms with Crippen LogP contribution in [0.1, 0.15) is 17.3 Å². The quantitative estimate of drug-likeness (QED) is 0.597. The van der Waals surface area contributed by atoms with Gasteiger partial charge in [0.05, 0.1) is 11.8 Å². The van der Waals surface area contributed by atoms with E-state index >= 15 is 0 Å². The number of hydrogen-bond acceptors (Lipinski definition) is 4. The molecular weight excluding hydrogens is 277 g/mol. The lowest BCUT2D eigenvalue weighted by molar-refractivity contribution is -0.138. The van der Waals surface area contributed by atoms with Crippen LogP contribution in [0, 0.1) is 5.82 Å². The number of nitrogens with zero attached hydrogens (tertiary/aromatic N) is 2. The van der Waals surface area contributed by atoms with Crippen LogP contribution in [0.5, 0.6) is 0 Å². The second-order valence-electron chi connectivity index (χ2n) is 4.01. The van der Waals surface area contributed by atoms with E-state index in [-0.39, 0.29) is 17.3 Å². The fourth-order valence-corrected chi connectivity index (χ4v) is 1.87. The summed E-state index contributed by atoms with van der Waals surface area (Å²) in [6, 6.07) is 0.0750. The minimum atomic E-state index is -0.843. The molecular formula is C11H9ClFN3O3. The third-order valence-corrected chi connectivity index (χ3v) is 3.02. The zero-order valence-corrected chi connectivity index (χ0v) is 10.6. The Morgan fingerprint density at radius 1 is 1.58 bits per heavy atom. The van der Waals surface area contributed by atoms with Crippen molar-refractivity contribution in [2.45, 2.75) is 13.0 Å². The van der Waals surface area contributed by atoms with Crippen LogP contribution in [0.2, 0.25) is 5.15 Å². The lowest BCUT2D eigenvalue weighted by Gasteiger charge is -2.31. The molecule has 1 atom stereocenters. The molecule has 1 aromatic heterocycles. The van der Waals surface area contributed by atoms with Crippen molar-refractivity contribution < 1.29 is 18.8 Å². The summed E-state index contributed by atoms with van der Waals surface area (Å²) in [4.78, 5) is 39.4. The number of amides is 3. The number of carbonyl (C=O) groups is 3. The molecule has 0 saturated carbocycles. The first-order valence-corrected chi connectivity index (χ1v) is 5.73. The van der Waals surface area contributed by atoms with Gasteiger partial charge in [-0.1, -0.05) is 11.6 Å². The Bertz CT molecular complexity index is 578. The molecule has 0 spiro atoms. The van der Waals surface area contributed by atoms with Gasteiger partial charge < -0.3 is 4.90 Å². The molecule has 1 aliphatic rings. The predicted molar refractivity (Wildman–Crippen MR) is 62.9 cm³/mol. The van der Waals surface area contributed by atoms with Crippen molar-refractivity contribution in [3.05, 3.63) is 28.8 Å². The van der Waals surface area contributed by atoms with Gasteiger partial charge in [0.15, 0.2) is 0 Å². The Kier molecular flexibility index (Phi) is 3.48. The number of nitrogens with one attached hydrogen (secondary N) is 1. The van der Waals surface area contributed by atoms with Gasteiger partial charge in [-0.15, -0.1) is 0 Å². The maximum atomic E-state index is 13.1. The molecule has 3 amide bonds. The third-order valence-electron chi connectivity index (χ3n) is 2.72. The summed E-state index contributed by atoms with van der Waals surface area (Å²) in [6.07, 6.45) is 0.872. The molecule has 1 N–H and O–H groups in total. The lowest BCUT2D eigenvalue weighted by atomic mass is 10.1. The average Bonchev–Trinajstić information content (AvgIpc) is 2.36. The molecule has 2 heterocycles. The van der Waals surface area contributed by atoms with E-state index in [0.29, 0.717) is 0 Å². The van der Waals surface area contributed by atoms with E-state index in [0.717, 1.165) is 17.2 Å². The van der Waals surface area contributed by atoms with E-state index in [2.05, 4.69) is 10.3 Å². The van der Waals surface area contributed by atoms with E-state index in [1.165, 1.54) is 6.92 Å². The lowest BCUT2D eigenvalue weighted by Crippen LogP contribution is -2.58. The van der Waals surface area contributed by atoms with E-state index in [1.54, 1.807) is 0 Å². The minimum absolute atomic E-state index is 0.183. The van der Waals surface area contributed by atoms with Gasteiger partial charge in [-0.05, 0) is 13.0 Å². The second-order valence-corrected chi connectivity index (χ2v) is 4.37. The molecule has 100 valence electrons. The number of carbonyl (C=O) groups excluding carboxylic acids is 3. The first kappa shape index (κ1) is 13.4. The van der Waals surface area contributed by atoms with Crippen LogP contribution in [-0.4, -0.2) is 40.2 Å². The van der Waals surface area contributed by atoms with Gasteiger partial charge in [0.2, 0.25) is 11.8 Å². The maximum absolute atomic E-state index is 13.1. The largest absolute Gasteiger partial charge is 0.317 e. The van der Waals surface area contributed by atoms with Crippen molar-refractivity contribution in [1.82, 2.24) is 15.2 Å². The summed E-state index contributed by atoms with van der Waals surface area (Å²) in [6.45, 7) is 1.17. The summed E-state index contributed by atoms with van der Waals surface area (Å²) in [5.74, 6) is -2.64. The van der Waals surface area contributed by atoms with Crippen LogP contribution in [0.25, 0.3) is 0 Å². The van der Waals surface area contributed by atoms with Crippen LogP contribution in [-0.2, 0) is 9.59 Å². The fraction of sp³-hybridized carbons (Fsp3) is 0.273. The van der Waals surface area contributed by atoms with E-state index < -0.39 is 29.6 Å². The van der Waals surface area contributed by atoms with Crippen LogP contribution in [0.3, 0.4) is 0 Å². The van der Waals surface area contributed by atoms with Crippen LogP contribution in [0.4, 0.5) is 4.39 Å². The number of halogens is 2. The molecule has 1 fully saturated rings. The maximum Gasteiger partial charge on any atom is 0.258 e. The summed E-state index contributed by atoms with van der Waals surface area (Å²) >= 11 is 5.72. The monoisotopic (exact) mass is 285 g/mol. The molecule has 1 unspecified atom stereocenters. The minimum Gasteiger partial charge on any atom is -0.317 e. The Hall–Kier alpha value is -2.02. The first-order valence-electron chi connectivity index (χ1n) is 5.36. The highest BCUT2D eigenvalue weighted by Crippen LogP contribution is 2.18. The fourth-order valence-electron chi connectivity index (χ4n) is 1.69. The zero-order valence-electron chi connectivity index (χ0n) is 9.81. The van der Waals surface area contributed by atoms with Crippen molar-refractivity contribution >= 4 is 29.3 Å². The number of hydrogen-bond donors (Lipinski definition) is 1. The normalized spacial score (nSPS) is 19.3. The zero-order chi connectivity index (χ0) is 14.2. The number of piperazine rings is 1. The molecule has 6 nitrogen and oxygen atoms in total. The molecule has 0 radical (unpaired) electrons. The Morgan fingerprint density at radius 2 is 2.26 bits per heavy atom. The molecule has 0 bridgehead atoms. The molecule has 1 saturated heterocycles.